The standard InChI is InChI=1S/C23H28F3N8O2S/c1-14(27)19-20(28)31-21(32-22(19)30-11-12-34(2,3)4)15-5-7-17(8-6-15)33-37(35,36)18-13-16(9-10-29-18)23(24,25)26/h5-10,13,27,33H,11-12H2,1-4H3,(H3,28,30,31,32)/q+1. The lowest BCUT2D eigenvalue weighted by Crippen LogP contribution is -2.38. The predicted octanol–water partition coefficient (Wildman–Crippen LogP) is 3.45. The van der Waals surface area contributed by atoms with Crippen molar-refractivity contribution in [2.24, 2.45) is 0 Å². The van der Waals surface area contributed by atoms with Crippen molar-refractivity contribution in [1.29, 1.82) is 5.41 Å². The maximum atomic E-state index is 13.0. The summed E-state index contributed by atoms with van der Waals surface area (Å²) in [6, 6.07) is 7.07. The number of benzene rings is 1. The van der Waals surface area contributed by atoms with Crippen molar-refractivity contribution < 1.29 is 26.1 Å². The zero-order valence-corrected chi connectivity index (χ0v) is 21.5. The second-order valence-corrected chi connectivity index (χ2v) is 10.9. The summed E-state index contributed by atoms with van der Waals surface area (Å²) < 4.78 is 67.0. The smallest absolute Gasteiger partial charge is 0.383 e. The SMILES string of the molecule is CC(=N)c1c(N)nc(-c2ccc(NS(=O)(=O)c3cc(C(F)(F)F)ccn3)cc2)nc1NCC[N+](C)(C)C. The number of nitrogens with zero attached hydrogens (tertiary/aromatic N) is 4. The number of alkyl halides is 3. The third-order valence-electron chi connectivity index (χ3n) is 5.12. The van der Waals surface area contributed by atoms with Gasteiger partial charge in [0, 0.05) is 23.2 Å². The van der Waals surface area contributed by atoms with E-state index in [0.717, 1.165) is 12.7 Å². The average Bonchev–Trinajstić information content (AvgIpc) is 2.77. The Morgan fingerprint density at radius 1 is 1.11 bits per heavy atom. The number of nitrogen functional groups attached to an aromatic ring is 1. The second-order valence-electron chi connectivity index (χ2n) is 9.29. The van der Waals surface area contributed by atoms with Crippen molar-refractivity contribution in [3.63, 3.8) is 0 Å². The van der Waals surface area contributed by atoms with Crippen LogP contribution in [0.25, 0.3) is 11.4 Å². The summed E-state index contributed by atoms with van der Waals surface area (Å²) in [4.78, 5) is 12.4. The van der Waals surface area contributed by atoms with E-state index in [9.17, 15) is 21.6 Å². The Balaban J connectivity index is 1.86. The molecule has 198 valence electrons. The van der Waals surface area contributed by atoms with Crippen LogP contribution in [0.15, 0.2) is 47.6 Å². The molecule has 3 rings (SSSR count). The minimum Gasteiger partial charge on any atom is -0.383 e. The van der Waals surface area contributed by atoms with Gasteiger partial charge in [-0.25, -0.2) is 15.0 Å². The highest BCUT2D eigenvalue weighted by atomic mass is 32.2. The molecule has 0 unspecified atom stereocenters. The van der Waals surface area contributed by atoms with Crippen LogP contribution < -0.4 is 15.8 Å². The van der Waals surface area contributed by atoms with E-state index in [1.165, 1.54) is 12.1 Å². The largest absolute Gasteiger partial charge is 0.416 e. The monoisotopic (exact) mass is 537 g/mol. The molecule has 10 nitrogen and oxygen atoms in total. The van der Waals surface area contributed by atoms with E-state index in [0.29, 0.717) is 40.1 Å². The number of likely N-dealkylation sites (N-methyl/N-ethyl adjacent to an activating group) is 1. The molecule has 0 aliphatic rings. The maximum absolute atomic E-state index is 13.0. The number of hydrogen-bond donors (Lipinski definition) is 4. The fourth-order valence-electron chi connectivity index (χ4n) is 3.24. The van der Waals surface area contributed by atoms with Crippen LogP contribution in [-0.4, -0.2) is 67.8 Å². The van der Waals surface area contributed by atoms with Crippen molar-refractivity contribution in [2.45, 2.75) is 18.1 Å². The molecule has 0 radical (unpaired) electrons. The van der Waals surface area contributed by atoms with Gasteiger partial charge in [-0.1, -0.05) is 0 Å². The molecule has 0 bridgehead atoms. The Morgan fingerprint density at radius 2 is 1.76 bits per heavy atom. The molecule has 2 heterocycles. The molecular weight excluding hydrogens is 509 g/mol. The lowest BCUT2D eigenvalue weighted by molar-refractivity contribution is -0.868. The number of nitrogens with two attached hydrogens (primary N) is 1. The van der Waals surface area contributed by atoms with Crippen LogP contribution in [0, 0.1) is 5.41 Å². The molecule has 0 fully saturated rings. The van der Waals surface area contributed by atoms with Gasteiger partial charge in [0.1, 0.15) is 11.6 Å². The van der Waals surface area contributed by atoms with Crippen molar-refractivity contribution in [1.82, 2.24) is 15.0 Å². The lowest BCUT2D eigenvalue weighted by Gasteiger charge is -2.24. The van der Waals surface area contributed by atoms with E-state index in [4.69, 9.17) is 11.1 Å². The van der Waals surface area contributed by atoms with Crippen LogP contribution in [0.3, 0.4) is 0 Å². The number of anilines is 3. The fourth-order valence-corrected chi connectivity index (χ4v) is 4.27. The van der Waals surface area contributed by atoms with Gasteiger partial charge in [-0.3, -0.25) is 4.72 Å². The summed E-state index contributed by atoms with van der Waals surface area (Å²) in [5.74, 6) is 0.777. The number of pyridine rings is 1. The van der Waals surface area contributed by atoms with Gasteiger partial charge in [0.05, 0.1) is 45.4 Å². The van der Waals surface area contributed by atoms with Gasteiger partial charge in [-0.05, 0) is 43.3 Å². The normalized spacial score (nSPS) is 12.3. The second kappa shape index (κ2) is 10.3. The molecule has 0 aliphatic carbocycles. The summed E-state index contributed by atoms with van der Waals surface area (Å²) in [6.07, 6.45) is -3.92. The minimum absolute atomic E-state index is 0.101. The van der Waals surface area contributed by atoms with E-state index < -0.39 is 26.8 Å². The van der Waals surface area contributed by atoms with Crippen LogP contribution in [-0.2, 0) is 16.2 Å². The molecule has 3 aromatic rings. The summed E-state index contributed by atoms with van der Waals surface area (Å²) >= 11 is 0. The Kier molecular flexibility index (Phi) is 7.74. The van der Waals surface area contributed by atoms with Gasteiger partial charge in [0.2, 0.25) is 0 Å². The molecule has 0 aliphatic heterocycles. The first-order chi connectivity index (χ1) is 17.1. The zero-order chi connectivity index (χ0) is 27.6. The van der Waals surface area contributed by atoms with Crippen molar-refractivity contribution in [3.05, 3.63) is 53.7 Å². The molecule has 2 aromatic heterocycles. The van der Waals surface area contributed by atoms with Crippen LogP contribution in [0.1, 0.15) is 18.1 Å². The van der Waals surface area contributed by atoms with Crippen molar-refractivity contribution in [3.8, 4) is 11.4 Å². The molecule has 1 aromatic carbocycles. The number of quaternary nitrogens is 1. The maximum Gasteiger partial charge on any atom is 0.416 e. The fraction of sp³-hybridized carbons (Fsp3) is 0.304. The molecule has 0 saturated carbocycles. The quantitative estimate of drug-likeness (QED) is 0.241. The molecule has 0 spiro atoms. The number of hydrogen-bond acceptors (Lipinski definition) is 8. The van der Waals surface area contributed by atoms with Crippen LogP contribution in [0.5, 0.6) is 0 Å². The van der Waals surface area contributed by atoms with Gasteiger partial charge in [-0.2, -0.15) is 21.6 Å². The van der Waals surface area contributed by atoms with Crippen LogP contribution in [0.4, 0.5) is 30.5 Å². The number of aromatic nitrogens is 3. The highest BCUT2D eigenvalue weighted by Crippen LogP contribution is 2.30. The predicted molar refractivity (Wildman–Crippen MR) is 136 cm³/mol. The summed E-state index contributed by atoms with van der Waals surface area (Å²) in [7, 11) is 1.76. The third-order valence-corrected chi connectivity index (χ3v) is 6.40. The number of halogens is 3. The minimum atomic E-state index is -4.71. The van der Waals surface area contributed by atoms with Gasteiger partial charge in [0.15, 0.2) is 10.9 Å². The van der Waals surface area contributed by atoms with Crippen LogP contribution in [0.2, 0.25) is 0 Å². The number of nitrogens with one attached hydrogen (secondary N) is 3. The topological polar surface area (TPSA) is 147 Å². The zero-order valence-electron chi connectivity index (χ0n) is 20.7. The molecule has 5 N–H and O–H groups in total. The third kappa shape index (κ3) is 7.13. The molecule has 0 atom stereocenters. The van der Waals surface area contributed by atoms with E-state index in [1.807, 2.05) is 21.1 Å². The molecular formula is C23H28F3N8O2S+. The van der Waals surface area contributed by atoms with Gasteiger partial charge in [0.25, 0.3) is 10.0 Å². The first kappa shape index (κ1) is 27.8. The number of rotatable bonds is 9. The number of sulfonamides is 1. The molecule has 0 saturated heterocycles. The Morgan fingerprint density at radius 3 is 2.32 bits per heavy atom. The lowest BCUT2D eigenvalue weighted by atomic mass is 10.1. The van der Waals surface area contributed by atoms with E-state index in [1.54, 1.807) is 19.1 Å². The van der Waals surface area contributed by atoms with E-state index >= 15 is 0 Å². The van der Waals surface area contributed by atoms with Crippen LogP contribution >= 0.6 is 0 Å². The Bertz CT molecular complexity index is 1400. The van der Waals surface area contributed by atoms with E-state index in [-0.39, 0.29) is 23.0 Å². The highest BCUT2D eigenvalue weighted by Gasteiger charge is 2.32. The first-order valence-corrected chi connectivity index (χ1v) is 12.5. The van der Waals surface area contributed by atoms with Gasteiger partial charge >= 0.3 is 6.18 Å². The summed E-state index contributed by atoms with van der Waals surface area (Å²) in [5.41, 5.74) is 6.20. The van der Waals surface area contributed by atoms with E-state index in [2.05, 4.69) is 25.0 Å². The van der Waals surface area contributed by atoms with Crippen molar-refractivity contribution in [2.75, 3.05) is 50.0 Å². The van der Waals surface area contributed by atoms with Crippen molar-refractivity contribution >= 4 is 33.1 Å². The Labute approximate surface area is 212 Å². The highest BCUT2D eigenvalue weighted by molar-refractivity contribution is 7.92. The molecule has 37 heavy (non-hydrogen) atoms. The molecule has 14 heteroatoms. The van der Waals surface area contributed by atoms with Gasteiger partial charge < -0.3 is 20.9 Å². The first-order valence-electron chi connectivity index (χ1n) is 11.0. The summed E-state index contributed by atoms with van der Waals surface area (Å²) in [6.45, 7) is 2.94. The average molecular weight is 538 g/mol. The van der Waals surface area contributed by atoms with Gasteiger partial charge in [-0.15, -0.1) is 0 Å². The summed E-state index contributed by atoms with van der Waals surface area (Å²) in [5, 5.41) is 10.5. The molecule has 0 amide bonds. The Hall–Kier alpha value is -3.78.